The molecule has 2 rings (SSSR count). The van der Waals surface area contributed by atoms with Gasteiger partial charge in [-0.2, -0.15) is 5.26 Å². The van der Waals surface area contributed by atoms with E-state index in [9.17, 15) is 5.26 Å². The van der Waals surface area contributed by atoms with Gasteiger partial charge in [-0.3, -0.25) is 4.98 Å². The monoisotopic (exact) mass is 295 g/mol. The Bertz CT molecular complexity index is 660. The van der Waals surface area contributed by atoms with E-state index in [2.05, 4.69) is 24.9 Å². The lowest BCUT2D eigenvalue weighted by Crippen LogP contribution is -2.06. The molecular formula is C18H21N3O. The van der Waals surface area contributed by atoms with E-state index in [4.69, 9.17) is 10.5 Å². The molecule has 4 heteroatoms. The molecule has 0 aliphatic carbocycles. The van der Waals surface area contributed by atoms with Gasteiger partial charge in [0.05, 0.1) is 17.9 Å². The van der Waals surface area contributed by atoms with Crippen molar-refractivity contribution < 1.29 is 4.74 Å². The van der Waals surface area contributed by atoms with Crippen molar-refractivity contribution >= 4 is 5.69 Å². The molecule has 0 aliphatic heterocycles. The number of nitriles is 1. The van der Waals surface area contributed by atoms with E-state index in [0.717, 1.165) is 17.7 Å². The highest BCUT2D eigenvalue weighted by atomic mass is 16.5. The predicted molar refractivity (Wildman–Crippen MR) is 87.5 cm³/mol. The van der Waals surface area contributed by atoms with Crippen molar-refractivity contribution in [2.75, 3.05) is 12.3 Å². The number of hydrogen-bond acceptors (Lipinski definition) is 4. The maximum Gasteiger partial charge on any atom is 0.143 e. The summed E-state index contributed by atoms with van der Waals surface area (Å²) in [6, 6.07) is 11.7. The minimum atomic E-state index is 0.413. The minimum absolute atomic E-state index is 0.413. The largest absolute Gasteiger partial charge is 0.491 e. The fraction of sp³-hybridized carbons (Fsp3) is 0.333. The second kappa shape index (κ2) is 7.46. The molecule has 0 radical (unpaired) electrons. The highest BCUT2D eigenvalue weighted by molar-refractivity contribution is 5.64. The zero-order valence-corrected chi connectivity index (χ0v) is 13.0. The average molecular weight is 295 g/mol. The van der Waals surface area contributed by atoms with Gasteiger partial charge in [0.25, 0.3) is 0 Å². The van der Waals surface area contributed by atoms with Crippen molar-refractivity contribution in [3.05, 3.63) is 53.3 Å². The average Bonchev–Trinajstić information content (AvgIpc) is 2.50. The van der Waals surface area contributed by atoms with Crippen molar-refractivity contribution in [2.45, 2.75) is 26.7 Å². The predicted octanol–water partition coefficient (Wildman–Crippen LogP) is 3.36. The number of nitrogens with two attached hydrogens (primary N) is 1. The van der Waals surface area contributed by atoms with Gasteiger partial charge in [0.2, 0.25) is 0 Å². The van der Waals surface area contributed by atoms with Gasteiger partial charge < -0.3 is 10.5 Å². The van der Waals surface area contributed by atoms with Crippen LogP contribution in [0.2, 0.25) is 0 Å². The molecule has 2 aromatic rings. The highest BCUT2D eigenvalue weighted by Crippen LogP contribution is 2.28. The Kier molecular flexibility index (Phi) is 5.37. The number of nitrogens with zero attached hydrogens (tertiary/aromatic N) is 2. The first-order valence-corrected chi connectivity index (χ1v) is 7.45. The molecule has 114 valence electrons. The number of aromatic nitrogens is 1. The molecule has 0 atom stereocenters. The molecule has 1 aromatic heterocycles. The Labute approximate surface area is 131 Å². The van der Waals surface area contributed by atoms with Crippen molar-refractivity contribution in [1.82, 2.24) is 4.98 Å². The Morgan fingerprint density at radius 2 is 2.14 bits per heavy atom. The van der Waals surface area contributed by atoms with Gasteiger partial charge in [0.1, 0.15) is 11.8 Å². The minimum Gasteiger partial charge on any atom is -0.491 e. The Morgan fingerprint density at radius 1 is 1.32 bits per heavy atom. The van der Waals surface area contributed by atoms with Crippen molar-refractivity contribution in [3.63, 3.8) is 0 Å². The van der Waals surface area contributed by atoms with Crippen LogP contribution >= 0.6 is 0 Å². The van der Waals surface area contributed by atoms with Gasteiger partial charge in [-0.05, 0) is 42.2 Å². The van der Waals surface area contributed by atoms with Gasteiger partial charge in [0.15, 0.2) is 0 Å². The van der Waals surface area contributed by atoms with Crippen LogP contribution in [0.3, 0.4) is 0 Å². The standard InChI is InChI=1S/C18H21N3O/c1-13(2)9-14-10-15(12-19)18(20)17(11-14)22-8-6-16-5-3-4-7-21-16/h3-5,7,10-11,13H,6,8-9,20H2,1-2H3. The maximum atomic E-state index is 9.21. The maximum absolute atomic E-state index is 9.21. The van der Waals surface area contributed by atoms with E-state index in [-0.39, 0.29) is 0 Å². The lowest BCUT2D eigenvalue weighted by molar-refractivity contribution is 0.321. The third-order valence-corrected chi connectivity index (χ3v) is 3.31. The fourth-order valence-corrected chi connectivity index (χ4v) is 2.30. The summed E-state index contributed by atoms with van der Waals surface area (Å²) in [6.07, 6.45) is 3.36. The van der Waals surface area contributed by atoms with Crippen LogP contribution in [0, 0.1) is 17.2 Å². The van der Waals surface area contributed by atoms with Gasteiger partial charge >= 0.3 is 0 Å². The summed E-state index contributed by atoms with van der Waals surface area (Å²) < 4.78 is 5.79. The molecule has 2 N–H and O–H groups in total. The topological polar surface area (TPSA) is 71.9 Å². The van der Waals surface area contributed by atoms with Gasteiger partial charge in [-0.25, -0.2) is 0 Å². The van der Waals surface area contributed by atoms with E-state index >= 15 is 0 Å². The molecule has 1 aromatic carbocycles. The number of hydrogen-bond donors (Lipinski definition) is 1. The van der Waals surface area contributed by atoms with Crippen LogP contribution in [-0.4, -0.2) is 11.6 Å². The van der Waals surface area contributed by atoms with Crippen LogP contribution in [0.25, 0.3) is 0 Å². The normalized spacial score (nSPS) is 10.5. The van der Waals surface area contributed by atoms with E-state index in [1.54, 1.807) is 6.20 Å². The van der Waals surface area contributed by atoms with E-state index < -0.39 is 0 Å². The number of pyridine rings is 1. The van der Waals surface area contributed by atoms with E-state index in [1.807, 2.05) is 30.3 Å². The van der Waals surface area contributed by atoms with Crippen molar-refractivity contribution in [1.29, 1.82) is 5.26 Å². The van der Waals surface area contributed by atoms with Crippen LogP contribution in [0.4, 0.5) is 5.69 Å². The number of benzene rings is 1. The first-order chi connectivity index (χ1) is 10.6. The van der Waals surface area contributed by atoms with Crippen molar-refractivity contribution in [3.8, 4) is 11.8 Å². The molecular weight excluding hydrogens is 274 g/mol. The summed E-state index contributed by atoms with van der Waals surface area (Å²) >= 11 is 0. The zero-order valence-electron chi connectivity index (χ0n) is 13.0. The summed E-state index contributed by atoms with van der Waals surface area (Å²) in [5.41, 5.74) is 8.95. The zero-order chi connectivity index (χ0) is 15.9. The number of ether oxygens (including phenoxy) is 1. The summed E-state index contributed by atoms with van der Waals surface area (Å²) in [7, 11) is 0. The van der Waals surface area contributed by atoms with Gasteiger partial charge in [-0.1, -0.05) is 19.9 Å². The Hall–Kier alpha value is -2.54. The van der Waals surface area contributed by atoms with Crippen molar-refractivity contribution in [2.24, 2.45) is 5.92 Å². The summed E-state index contributed by atoms with van der Waals surface area (Å²) in [6.45, 7) is 4.77. The second-order valence-corrected chi connectivity index (χ2v) is 5.68. The molecule has 0 amide bonds. The molecule has 0 unspecified atom stereocenters. The summed E-state index contributed by atoms with van der Waals surface area (Å²) in [5, 5.41) is 9.21. The molecule has 0 fully saturated rings. The number of anilines is 1. The third-order valence-electron chi connectivity index (χ3n) is 3.31. The highest BCUT2D eigenvalue weighted by Gasteiger charge is 2.10. The van der Waals surface area contributed by atoms with Crippen LogP contribution in [-0.2, 0) is 12.8 Å². The molecule has 0 spiro atoms. The molecule has 0 aliphatic rings. The molecule has 0 saturated heterocycles. The molecule has 1 heterocycles. The lowest BCUT2D eigenvalue weighted by Gasteiger charge is -2.13. The summed E-state index contributed by atoms with van der Waals surface area (Å²) in [4.78, 5) is 4.26. The number of rotatable bonds is 6. The second-order valence-electron chi connectivity index (χ2n) is 5.68. The summed E-state index contributed by atoms with van der Waals surface area (Å²) in [5.74, 6) is 1.10. The fourth-order valence-electron chi connectivity index (χ4n) is 2.30. The van der Waals surface area contributed by atoms with E-state index in [1.165, 1.54) is 0 Å². The lowest BCUT2D eigenvalue weighted by atomic mass is 10.00. The Morgan fingerprint density at radius 3 is 2.77 bits per heavy atom. The smallest absolute Gasteiger partial charge is 0.143 e. The SMILES string of the molecule is CC(C)Cc1cc(C#N)c(N)c(OCCc2ccccn2)c1. The molecule has 0 saturated carbocycles. The number of nitrogen functional groups attached to an aromatic ring is 1. The molecule has 4 nitrogen and oxygen atoms in total. The quantitative estimate of drug-likeness (QED) is 0.829. The first kappa shape index (κ1) is 15.8. The van der Waals surface area contributed by atoms with Gasteiger partial charge in [-0.15, -0.1) is 0 Å². The van der Waals surface area contributed by atoms with Crippen LogP contribution < -0.4 is 10.5 Å². The van der Waals surface area contributed by atoms with Crippen LogP contribution in [0.5, 0.6) is 5.75 Å². The third kappa shape index (κ3) is 4.23. The van der Waals surface area contributed by atoms with E-state index in [0.29, 0.717) is 35.9 Å². The Balaban J connectivity index is 2.10. The molecule has 22 heavy (non-hydrogen) atoms. The molecule has 0 bridgehead atoms. The first-order valence-electron chi connectivity index (χ1n) is 7.45. The van der Waals surface area contributed by atoms with Crippen LogP contribution in [0.15, 0.2) is 36.5 Å². The van der Waals surface area contributed by atoms with Crippen LogP contribution in [0.1, 0.15) is 30.7 Å². The van der Waals surface area contributed by atoms with Gasteiger partial charge in [0, 0.05) is 18.3 Å².